The number of carbonyl (C=O) groups excluding carboxylic acids is 1. The van der Waals surface area contributed by atoms with Gasteiger partial charge in [0.05, 0.1) is 0 Å². The van der Waals surface area contributed by atoms with Crippen LogP contribution in [0.2, 0.25) is 0 Å². The molecule has 0 spiro atoms. The minimum Gasteiger partial charge on any atom is -0.358 e. The normalized spacial score (nSPS) is 11.8. The van der Waals surface area contributed by atoms with Crippen LogP contribution in [0.1, 0.15) is 12.5 Å². The van der Waals surface area contributed by atoms with E-state index in [1.54, 1.807) is 14.0 Å². The number of nitrogens with two attached hydrogens (primary N) is 1. The Bertz CT molecular complexity index is 380. The second-order valence-corrected chi connectivity index (χ2v) is 3.32. The van der Waals surface area contributed by atoms with Crippen LogP contribution in [0.15, 0.2) is 6.33 Å². The molecule has 5 N–H and O–H groups in total. The van der Waals surface area contributed by atoms with Crippen molar-refractivity contribution in [2.24, 2.45) is 5.84 Å². The van der Waals surface area contributed by atoms with E-state index in [1.165, 1.54) is 6.33 Å². The molecule has 0 aliphatic rings. The highest BCUT2D eigenvalue weighted by Crippen LogP contribution is 2.17. The van der Waals surface area contributed by atoms with Gasteiger partial charge in [-0.1, -0.05) is 0 Å². The zero-order valence-electron chi connectivity index (χ0n) is 9.53. The molecule has 1 atom stereocenters. The van der Waals surface area contributed by atoms with Crippen LogP contribution in [0.5, 0.6) is 0 Å². The van der Waals surface area contributed by atoms with E-state index >= 15 is 0 Å². The molecule has 1 aromatic rings. The molecule has 0 aliphatic heterocycles. The molecule has 0 aliphatic carbocycles. The lowest BCUT2D eigenvalue weighted by Crippen LogP contribution is -2.35. The van der Waals surface area contributed by atoms with Crippen LogP contribution in [0.25, 0.3) is 0 Å². The van der Waals surface area contributed by atoms with Crippen LogP contribution in [0.3, 0.4) is 0 Å². The highest BCUT2D eigenvalue weighted by molar-refractivity contribution is 5.83. The summed E-state index contributed by atoms with van der Waals surface area (Å²) in [6.45, 7) is 3.56. The quantitative estimate of drug-likeness (QED) is 0.410. The van der Waals surface area contributed by atoms with Gasteiger partial charge in [-0.05, 0) is 13.8 Å². The fourth-order valence-corrected chi connectivity index (χ4v) is 1.23. The minimum absolute atomic E-state index is 0.111. The molecule has 0 fully saturated rings. The van der Waals surface area contributed by atoms with Crippen LogP contribution in [0, 0.1) is 6.92 Å². The Kier molecular flexibility index (Phi) is 4.01. The summed E-state index contributed by atoms with van der Waals surface area (Å²) in [6.07, 6.45) is 1.38. The Morgan fingerprint density at radius 3 is 2.62 bits per heavy atom. The zero-order valence-corrected chi connectivity index (χ0v) is 9.53. The summed E-state index contributed by atoms with van der Waals surface area (Å²) < 4.78 is 0. The van der Waals surface area contributed by atoms with Crippen molar-refractivity contribution < 1.29 is 4.79 Å². The molecular formula is C9H16N6O. The summed E-state index contributed by atoms with van der Waals surface area (Å²) in [5.74, 6) is 6.29. The predicted molar refractivity (Wildman–Crippen MR) is 61.7 cm³/mol. The average molecular weight is 224 g/mol. The molecule has 0 radical (unpaired) electrons. The molecule has 88 valence electrons. The second-order valence-electron chi connectivity index (χ2n) is 3.32. The number of hydrogen-bond donors (Lipinski definition) is 4. The van der Waals surface area contributed by atoms with Crippen molar-refractivity contribution in [2.75, 3.05) is 17.8 Å². The third-order valence-electron chi connectivity index (χ3n) is 2.21. The van der Waals surface area contributed by atoms with E-state index in [2.05, 4.69) is 26.0 Å². The molecule has 1 amide bonds. The van der Waals surface area contributed by atoms with Gasteiger partial charge < -0.3 is 16.1 Å². The Morgan fingerprint density at radius 2 is 2.06 bits per heavy atom. The van der Waals surface area contributed by atoms with Gasteiger partial charge in [0, 0.05) is 12.6 Å². The summed E-state index contributed by atoms with van der Waals surface area (Å²) in [6, 6.07) is -0.371. The van der Waals surface area contributed by atoms with Crippen LogP contribution in [-0.4, -0.2) is 29.0 Å². The molecule has 0 bridgehead atoms. The Balaban J connectivity index is 2.85. The highest BCUT2D eigenvalue weighted by atomic mass is 16.2. The van der Waals surface area contributed by atoms with Crippen molar-refractivity contribution in [3.8, 4) is 0 Å². The largest absolute Gasteiger partial charge is 0.358 e. The molecule has 0 aromatic carbocycles. The third kappa shape index (κ3) is 2.57. The number of aromatic nitrogens is 2. The first-order valence-electron chi connectivity index (χ1n) is 4.86. The van der Waals surface area contributed by atoms with E-state index in [4.69, 9.17) is 5.84 Å². The number of hydrogen-bond acceptors (Lipinski definition) is 6. The maximum atomic E-state index is 11.3. The van der Waals surface area contributed by atoms with Crippen molar-refractivity contribution in [1.29, 1.82) is 0 Å². The maximum Gasteiger partial charge on any atom is 0.241 e. The minimum atomic E-state index is -0.371. The lowest BCUT2D eigenvalue weighted by atomic mass is 10.2. The molecule has 1 aromatic heterocycles. The van der Waals surface area contributed by atoms with Crippen molar-refractivity contribution >= 4 is 17.5 Å². The van der Waals surface area contributed by atoms with Crippen molar-refractivity contribution in [3.05, 3.63) is 11.9 Å². The van der Waals surface area contributed by atoms with Gasteiger partial charge in [0.1, 0.15) is 24.0 Å². The summed E-state index contributed by atoms with van der Waals surface area (Å²) >= 11 is 0. The molecule has 0 saturated heterocycles. The molecule has 16 heavy (non-hydrogen) atoms. The maximum absolute atomic E-state index is 11.3. The number of anilines is 2. The molecule has 7 nitrogen and oxygen atoms in total. The van der Waals surface area contributed by atoms with E-state index in [9.17, 15) is 4.79 Å². The number of likely N-dealkylation sites (N-methyl/N-ethyl adjacent to an activating group) is 1. The Morgan fingerprint density at radius 1 is 1.44 bits per heavy atom. The lowest BCUT2D eigenvalue weighted by molar-refractivity contribution is -0.121. The number of rotatable bonds is 4. The summed E-state index contributed by atoms with van der Waals surface area (Å²) in [5, 5.41) is 5.52. The fourth-order valence-electron chi connectivity index (χ4n) is 1.23. The average Bonchev–Trinajstić information content (AvgIpc) is 2.30. The number of nitrogens with one attached hydrogen (secondary N) is 3. The van der Waals surface area contributed by atoms with Gasteiger partial charge in [0.2, 0.25) is 5.91 Å². The summed E-state index contributed by atoms with van der Waals surface area (Å²) in [5.41, 5.74) is 3.23. The highest BCUT2D eigenvalue weighted by Gasteiger charge is 2.13. The molecule has 7 heteroatoms. The standard InChI is InChI=1S/C9H16N6O/c1-5-7(12-4-13-8(5)15-10)14-6(2)9(16)11-3/h4,6H,10H2,1-3H3,(H,11,16)(H2,12,13,14,15). The van der Waals surface area contributed by atoms with Gasteiger partial charge in [0.15, 0.2) is 0 Å². The monoisotopic (exact) mass is 224 g/mol. The number of nitrogens with zero attached hydrogens (tertiary/aromatic N) is 2. The zero-order chi connectivity index (χ0) is 12.1. The summed E-state index contributed by atoms with van der Waals surface area (Å²) in [4.78, 5) is 19.3. The van der Waals surface area contributed by atoms with E-state index < -0.39 is 0 Å². The Hall–Kier alpha value is -1.89. The first-order valence-corrected chi connectivity index (χ1v) is 4.86. The molecule has 0 saturated carbocycles. The van der Waals surface area contributed by atoms with Crippen molar-refractivity contribution in [2.45, 2.75) is 19.9 Å². The van der Waals surface area contributed by atoms with Gasteiger partial charge in [0.25, 0.3) is 0 Å². The number of carbonyl (C=O) groups is 1. The van der Waals surface area contributed by atoms with Crippen molar-refractivity contribution in [3.63, 3.8) is 0 Å². The van der Waals surface area contributed by atoms with E-state index in [1.807, 2.05) is 6.92 Å². The van der Waals surface area contributed by atoms with Crippen molar-refractivity contribution in [1.82, 2.24) is 15.3 Å². The lowest BCUT2D eigenvalue weighted by Gasteiger charge is -2.15. The molecule has 1 unspecified atom stereocenters. The first-order chi connectivity index (χ1) is 7.60. The van der Waals surface area contributed by atoms with Gasteiger partial charge in [-0.25, -0.2) is 15.8 Å². The van der Waals surface area contributed by atoms with Crippen LogP contribution >= 0.6 is 0 Å². The molecule has 1 heterocycles. The van der Waals surface area contributed by atoms with Crippen LogP contribution in [-0.2, 0) is 4.79 Å². The van der Waals surface area contributed by atoms with Gasteiger partial charge >= 0.3 is 0 Å². The van der Waals surface area contributed by atoms with Gasteiger partial charge in [-0.2, -0.15) is 0 Å². The topological polar surface area (TPSA) is 105 Å². The van der Waals surface area contributed by atoms with Crippen LogP contribution < -0.4 is 21.9 Å². The number of hydrazine groups is 1. The van der Waals surface area contributed by atoms with Gasteiger partial charge in [-0.3, -0.25) is 4.79 Å². The fraction of sp³-hybridized carbons (Fsp3) is 0.444. The second kappa shape index (κ2) is 5.26. The number of amides is 1. The van der Waals surface area contributed by atoms with E-state index in [-0.39, 0.29) is 11.9 Å². The van der Waals surface area contributed by atoms with Gasteiger partial charge in [-0.15, -0.1) is 0 Å². The van der Waals surface area contributed by atoms with E-state index in [0.717, 1.165) is 5.56 Å². The van der Waals surface area contributed by atoms with E-state index in [0.29, 0.717) is 11.6 Å². The first kappa shape index (κ1) is 12.2. The smallest absolute Gasteiger partial charge is 0.241 e. The third-order valence-corrected chi connectivity index (χ3v) is 2.21. The molecule has 1 rings (SSSR count). The SMILES string of the molecule is CNC(=O)C(C)Nc1ncnc(NN)c1C. The van der Waals surface area contributed by atoms with Crippen LogP contribution in [0.4, 0.5) is 11.6 Å². The molecular weight excluding hydrogens is 208 g/mol. The Labute approximate surface area is 93.8 Å². The summed E-state index contributed by atoms with van der Waals surface area (Å²) in [7, 11) is 1.58. The predicted octanol–water partition coefficient (Wildman–Crippen LogP) is -0.383. The number of nitrogen functional groups attached to an aromatic ring is 1.